The van der Waals surface area contributed by atoms with Gasteiger partial charge < -0.3 is 0 Å². The maximum Gasteiger partial charge on any atom is 0.195 e. The van der Waals surface area contributed by atoms with Crippen LogP contribution in [-0.4, -0.2) is 0 Å². The summed E-state index contributed by atoms with van der Waals surface area (Å²) in [6, 6.07) is 7.67. The molecule has 88 valence electrons. The molecule has 0 aliphatic rings. The second-order valence-electron chi connectivity index (χ2n) is 3.99. The molecule has 17 heavy (non-hydrogen) atoms. The van der Waals surface area contributed by atoms with Gasteiger partial charge in [-0.15, -0.1) is 0 Å². The highest BCUT2D eigenvalue weighted by atomic mass is 19.2. The van der Waals surface area contributed by atoms with Gasteiger partial charge in [0, 0.05) is 5.56 Å². The minimum Gasteiger partial charge on any atom is -0.204 e. The van der Waals surface area contributed by atoms with Crippen LogP contribution in [0.4, 0.5) is 13.2 Å². The summed E-state index contributed by atoms with van der Waals surface area (Å²) in [7, 11) is 0. The number of hydrogen-bond donors (Lipinski definition) is 0. The van der Waals surface area contributed by atoms with Crippen molar-refractivity contribution >= 4 is 0 Å². The highest BCUT2D eigenvalue weighted by Gasteiger charge is 2.16. The van der Waals surface area contributed by atoms with Crippen LogP contribution in [0.5, 0.6) is 0 Å². The molecule has 0 bridgehead atoms. The monoisotopic (exact) mass is 236 g/mol. The van der Waals surface area contributed by atoms with E-state index >= 15 is 0 Å². The fraction of sp³-hybridized carbons (Fsp3) is 0.143. The molecule has 0 saturated heterocycles. The van der Waals surface area contributed by atoms with Crippen molar-refractivity contribution in [1.82, 2.24) is 0 Å². The van der Waals surface area contributed by atoms with Crippen LogP contribution in [0.15, 0.2) is 30.3 Å². The predicted molar refractivity (Wildman–Crippen MR) is 61.2 cm³/mol. The van der Waals surface area contributed by atoms with Crippen molar-refractivity contribution in [2.24, 2.45) is 0 Å². The van der Waals surface area contributed by atoms with Crippen molar-refractivity contribution in [2.75, 3.05) is 0 Å². The minimum atomic E-state index is -1.43. The van der Waals surface area contributed by atoms with E-state index in [9.17, 15) is 13.2 Å². The van der Waals surface area contributed by atoms with Crippen LogP contribution >= 0.6 is 0 Å². The van der Waals surface area contributed by atoms with Gasteiger partial charge in [-0.2, -0.15) is 0 Å². The topological polar surface area (TPSA) is 0 Å². The molecule has 3 heteroatoms. The average Bonchev–Trinajstić information content (AvgIpc) is 2.29. The largest absolute Gasteiger partial charge is 0.204 e. The van der Waals surface area contributed by atoms with Gasteiger partial charge in [-0.3, -0.25) is 0 Å². The normalized spacial score (nSPS) is 10.6. The molecule has 0 saturated carbocycles. The lowest BCUT2D eigenvalue weighted by molar-refractivity contribution is 0.449. The average molecular weight is 236 g/mol. The Balaban J connectivity index is 2.74. The number of benzene rings is 2. The molecule has 0 fully saturated rings. The number of hydrogen-bond acceptors (Lipinski definition) is 0. The molecule has 0 nitrogen and oxygen atoms in total. The van der Waals surface area contributed by atoms with Crippen LogP contribution in [-0.2, 0) is 0 Å². The lowest BCUT2D eigenvalue weighted by atomic mass is 9.95. The quantitative estimate of drug-likeness (QED) is 0.644. The van der Waals surface area contributed by atoms with Gasteiger partial charge in [0.05, 0.1) is 0 Å². The van der Waals surface area contributed by atoms with Crippen molar-refractivity contribution in [3.63, 3.8) is 0 Å². The number of aryl methyl sites for hydroxylation is 2. The van der Waals surface area contributed by atoms with E-state index in [-0.39, 0.29) is 5.56 Å². The molecule has 0 N–H and O–H groups in total. The first kappa shape index (κ1) is 11.7. The van der Waals surface area contributed by atoms with E-state index in [1.165, 1.54) is 6.07 Å². The molecule has 2 aromatic rings. The zero-order chi connectivity index (χ0) is 12.6. The summed E-state index contributed by atoms with van der Waals surface area (Å²) in [5, 5.41) is 0. The molecule has 0 unspecified atom stereocenters. The second kappa shape index (κ2) is 4.24. The van der Waals surface area contributed by atoms with Crippen LogP contribution in [0, 0.1) is 31.3 Å². The lowest BCUT2D eigenvalue weighted by Gasteiger charge is -2.11. The summed E-state index contributed by atoms with van der Waals surface area (Å²) in [6.45, 7) is 3.62. The van der Waals surface area contributed by atoms with E-state index in [1.807, 2.05) is 32.0 Å². The van der Waals surface area contributed by atoms with E-state index in [0.29, 0.717) is 5.56 Å². The molecule has 0 aliphatic carbocycles. The lowest BCUT2D eigenvalue weighted by Crippen LogP contribution is -1.96. The highest BCUT2D eigenvalue weighted by molar-refractivity contribution is 5.71. The van der Waals surface area contributed by atoms with Crippen LogP contribution in [0.1, 0.15) is 11.1 Å². The van der Waals surface area contributed by atoms with Gasteiger partial charge in [-0.1, -0.05) is 18.2 Å². The Morgan fingerprint density at radius 3 is 1.94 bits per heavy atom. The fourth-order valence-electron chi connectivity index (χ4n) is 1.96. The molecule has 0 amide bonds. The van der Waals surface area contributed by atoms with Gasteiger partial charge in [-0.05, 0) is 42.7 Å². The van der Waals surface area contributed by atoms with E-state index in [2.05, 4.69) is 0 Å². The van der Waals surface area contributed by atoms with Crippen molar-refractivity contribution in [1.29, 1.82) is 0 Å². The maximum atomic E-state index is 13.7. The first-order valence-electron chi connectivity index (χ1n) is 5.22. The minimum absolute atomic E-state index is 0.0968. The molecule has 0 radical (unpaired) electrons. The van der Waals surface area contributed by atoms with Crippen LogP contribution in [0.3, 0.4) is 0 Å². The van der Waals surface area contributed by atoms with Crippen molar-refractivity contribution in [3.05, 3.63) is 58.9 Å². The molecule has 0 aliphatic heterocycles. The van der Waals surface area contributed by atoms with Crippen LogP contribution in [0.2, 0.25) is 0 Å². The molecule has 2 rings (SSSR count). The third kappa shape index (κ3) is 1.93. The Kier molecular flexibility index (Phi) is 2.92. The molecule has 0 aromatic heterocycles. The Bertz CT molecular complexity index is 554. The van der Waals surface area contributed by atoms with E-state index in [0.717, 1.165) is 17.2 Å². The van der Waals surface area contributed by atoms with E-state index < -0.39 is 17.5 Å². The fourth-order valence-corrected chi connectivity index (χ4v) is 1.96. The molecule has 0 atom stereocenters. The van der Waals surface area contributed by atoms with Crippen LogP contribution < -0.4 is 0 Å². The summed E-state index contributed by atoms with van der Waals surface area (Å²) in [6.07, 6.45) is 0. The molecule has 0 spiro atoms. The summed E-state index contributed by atoms with van der Waals surface area (Å²) < 4.78 is 39.7. The zero-order valence-corrected chi connectivity index (χ0v) is 9.52. The van der Waals surface area contributed by atoms with Gasteiger partial charge in [0.1, 0.15) is 0 Å². The van der Waals surface area contributed by atoms with Crippen LogP contribution in [0.25, 0.3) is 11.1 Å². The third-order valence-electron chi connectivity index (χ3n) is 2.79. The van der Waals surface area contributed by atoms with Gasteiger partial charge in [0.2, 0.25) is 0 Å². The molecule has 0 heterocycles. The van der Waals surface area contributed by atoms with Gasteiger partial charge >= 0.3 is 0 Å². The summed E-state index contributed by atoms with van der Waals surface area (Å²) in [5.74, 6) is -3.73. The molecular weight excluding hydrogens is 225 g/mol. The Morgan fingerprint density at radius 2 is 1.35 bits per heavy atom. The third-order valence-corrected chi connectivity index (χ3v) is 2.79. The Morgan fingerprint density at radius 1 is 0.765 bits per heavy atom. The summed E-state index contributed by atoms with van der Waals surface area (Å²) in [4.78, 5) is 0. The number of rotatable bonds is 1. The van der Waals surface area contributed by atoms with Gasteiger partial charge in [0.25, 0.3) is 0 Å². The first-order valence-corrected chi connectivity index (χ1v) is 5.22. The Hall–Kier alpha value is -1.77. The Labute approximate surface area is 97.7 Å². The van der Waals surface area contributed by atoms with Crippen molar-refractivity contribution in [3.8, 4) is 11.1 Å². The highest BCUT2D eigenvalue weighted by Crippen LogP contribution is 2.30. The smallest absolute Gasteiger partial charge is 0.195 e. The first-order chi connectivity index (χ1) is 8.02. The SMILES string of the molecule is Cc1cccc(C)c1-c1ccc(F)c(F)c1F. The van der Waals surface area contributed by atoms with Crippen molar-refractivity contribution < 1.29 is 13.2 Å². The van der Waals surface area contributed by atoms with Crippen molar-refractivity contribution in [2.45, 2.75) is 13.8 Å². The predicted octanol–water partition coefficient (Wildman–Crippen LogP) is 4.39. The summed E-state index contributed by atoms with van der Waals surface area (Å²) in [5.41, 5.74) is 2.37. The van der Waals surface area contributed by atoms with E-state index in [4.69, 9.17) is 0 Å². The summed E-state index contributed by atoms with van der Waals surface area (Å²) >= 11 is 0. The maximum absolute atomic E-state index is 13.7. The van der Waals surface area contributed by atoms with E-state index in [1.54, 1.807) is 0 Å². The zero-order valence-electron chi connectivity index (χ0n) is 9.52. The van der Waals surface area contributed by atoms with Gasteiger partial charge in [-0.25, -0.2) is 13.2 Å². The molecular formula is C14H11F3. The number of halogens is 3. The molecule has 2 aromatic carbocycles. The van der Waals surface area contributed by atoms with Gasteiger partial charge in [0.15, 0.2) is 17.5 Å². The standard InChI is InChI=1S/C14H11F3/c1-8-4-3-5-9(2)12(8)10-6-7-11(15)14(17)13(10)16/h3-7H,1-2H3. The second-order valence-corrected chi connectivity index (χ2v) is 3.99.